The van der Waals surface area contributed by atoms with E-state index in [1.54, 1.807) is 11.8 Å². The van der Waals surface area contributed by atoms with E-state index in [2.05, 4.69) is 30.7 Å². The maximum Gasteiger partial charge on any atom is 0.353 e. The van der Waals surface area contributed by atoms with E-state index in [4.69, 9.17) is 5.11 Å². The Morgan fingerprint density at radius 3 is 2.71 bits per heavy atom. The van der Waals surface area contributed by atoms with E-state index >= 15 is 0 Å². The Labute approximate surface area is 87.1 Å². The molecule has 0 fully saturated rings. The number of nitrogens with zero attached hydrogens (tertiary/aromatic N) is 1. The highest BCUT2D eigenvalue weighted by molar-refractivity contribution is 7.99. The Kier molecular flexibility index (Phi) is 3.21. The van der Waals surface area contributed by atoms with Crippen LogP contribution in [-0.4, -0.2) is 25.8 Å². The van der Waals surface area contributed by atoms with Gasteiger partial charge in [-0.05, 0) is 0 Å². The monoisotopic (exact) mass is 214 g/mol. The number of hydrogen-bond acceptors (Lipinski definition) is 3. The highest BCUT2D eigenvalue weighted by Crippen LogP contribution is 2.25. The second-order valence-electron chi connectivity index (χ2n) is 3.95. The lowest BCUT2D eigenvalue weighted by molar-refractivity contribution is 0.0691. The minimum absolute atomic E-state index is 0.148. The van der Waals surface area contributed by atoms with Crippen molar-refractivity contribution in [2.24, 2.45) is 0 Å². The molecule has 0 saturated heterocycles. The van der Waals surface area contributed by atoms with Gasteiger partial charge in [0.15, 0.2) is 0 Å². The number of aromatic amines is 1. The number of nitrogens with one attached hydrogen (secondary N) is 1. The first-order valence-corrected chi connectivity index (χ1v) is 5.28. The average molecular weight is 214 g/mol. The number of imidazole rings is 1. The third-order valence-electron chi connectivity index (χ3n) is 1.50. The third-order valence-corrected chi connectivity index (χ3v) is 2.78. The first kappa shape index (κ1) is 11.1. The summed E-state index contributed by atoms with van der Waals surface area (Å²) >= 11 is 1.73. The molecule has 0 aliphatic heterocycles. The van der Waals surface area contributed by atoms with E-state index < -0.39 is 5.97 Å². The molecule has 0 spiro atoms. The van der Waals surface area contributed by atoms with E-state index in [1.165, 1.54) is 6.20 Å². The molecule has 0 aromatic carbocycles. The molecule has 2 N–H and O–H groups in total. The Bertz CT molecular complexity index is 328. The third kappa shape index (κ3) is 3.41. The molecule has 1 aromatic heterocycles. The van der Waals surface area contributed by atoms with Gasteiger partial charge in [0.2, 0.25) is 0 Å². The summed E-state index contributed by atoms with van der Waals surface area (Å²) in [6.45, 7) is 6.33. The van der Waals surface area contributed by atoms with Crippen LogP contribution in [0.15, 0.2) is 6.20 Å². The normalized spacial score (nSPS) is 11.6. The summed E-state index contributed by atoms with van der Waals surface area (Å²) in [6.07, 6.45) is 1.35. The van der Waals surface area contributed by atoms with E-state index in [0.29, 0.717) is 11.6 Å². The first-order valence-electron chi connectivity index (χ1n) is 4.29. The molecule has 0 radical (unpaired) electrons. The number of hydrogen-bond donors (Lipinski definition) is 2. The summed E-state index contributed by atoms with van der Waals surface area (Å²) in [5.41, 5.74) is 0.148. The molecular formula is C9H14N2O2S. The summed E-state index contributed by atoms with van der Waals surface area (Å²) in [7, 11) is 0. The van der Waals surface area contributed by atoms with Crippen molar-refractivity contribution in [1.29, 1.82) is 0 Å². The van der Waals surface area contributed by atoms with Gasteiger partial charge < -0.3 is 10.1 Å². The summed E-state index contributed by atoms with van der Waals surface area (Å²) in [6, 6.07) is 0. The molecule has 78 valence electrons. The molecule has 4 nitrogen and oxygen atoms in total. The Morgan fingerprint density at radius 2 is 2.29 bits per heavy atom. The van der Waals surface area contributed by atoms with Gasteiger partial charge in [0.1, 0.15) is 11.5 Å². The molecule has 1 aromatic rings. The standard InChI is InChI=1S/C9H14N2O2S/c1-9(2,3)14-5-7-10-4-6(11-7)8(12)13/h4H,5H2,1-3H3,(H,10,11)(H,12,13). The fourth-order valence-electron chi connectivity index (χ4n) is 0.829. The van der Waals surface area contributed by atoms with Gasteiger partial charge in [-0.25, -0.2) is 9.78 Å². The fraction of sp³-hybridized carbons (Fsp3) is 0.556. The van der Waals surface area contributed by atoms with Gasteiger partial charge in [-0.15, -0.1) is 11.8 Å². The zero-order valence-electron chi connectivity index (χ0n) is 8.50. The molecule has 0 atom stereocenters. The highest BCUT2D eigenvalue weighted by atomic mass is 32.2. The zero-order valence-corrected chi connectivity index (χ0v) is 9.31. The summed E-state index contributed by atoms with van der Waals surface area (Å²) in [4.78, 5) is 17.3. The quantitative estimate of drug-likeness (QED) is 0.809. The second kappa shape index (κ2) is 4.04. The van der Waals surface area contributed by atoms with Crippen LogP contribution in [0.25, 0.3) is 0 Å². The number of rotatable bonds is 3. The van der Waals surface area contributed by atoms with Crippen LogP contribution in [0, 0.1) is 0 Å². The number of aromatic carboxylic acids is 1. The molecular weight excluding hydrogens is 200 g/mol. The Morgan fingerprint density at radius 1 is 1.64 bits per heavy atom. The van der Waals surface area contributed by atoms with Gasteiger partial charge in [-0.2, -0.15) is 0 Å². The van der Waals surface area contributed by atoms with Crippen molar-refractivity contribution >= 4 is 17.7 Å². The summed E-state index contributed by atoms with van der Waals surface area (Å²) < 4.78 is 0.163. The number of carbonyl (C=O) groups is 1. The summed E-state index contributed by atoms with van der Waals surface area (Å²) in [5.74, 6) is 0.448. The SMILES string of the molecule is CC(C)(C)SCc1ncc(C(=O)O)[nH]1. The molecule has 5 heteroatoms. The lowest BCUT2D eigenvalue weighted by Crippen LogP contribution is -2.08. The molecule has 0 aliphatic rings. The first-order chi connectivity index (χ1) is 6.38. The molecule has 0 unspecified atom stereocenters. The molecule has 0 bridgehead atoms. The van der Waals surface area contributed by atoms with Crippen LogP contribution in [0.5, 0.6) is 0 Å². The van der Waals surface area contributed by atoms with Crippen LogP contribution in [0.1, 0.15) is 37.1 Å². The molecule has 0 aliphatic carbocycles. The minimum Gasteiger partial charge on any atom is -0.477 e. The van der Waals surface area contributed by atoms with E-state index in [-0.39, 0.29) is 10.4 Å². The van der Waals surface area contributed by atoms with Crippen molar-refractivity contribution in [3.8, 4) is 0 Å². The van der Waals surface area contributed by atoms with Crippen molar-refractivity contribution in [2.45, 2.75) is 31.3 Å². The highest BCUT2D eigenvalue weighted by Gasteiger charge is 2.13. The second-order valence-corrected chi connectivity index (χ2v) is 5.75. The number of carboxylic acid groups (broad SMARTS) is 1. The van der Waals surface area contributed by atoms with Crippen LogP contribution >= 0.6 is 11.8 Å². The maximum atomic E-state index is 10.5. The van der Waals surface area contributed by atoms with Crippen molar-refractivity contribution in [3.63, 3.8) is 0 Å². The molecule has 14 heavy (non-hydrogen) atoms. The molecule has 1 heterocycles. The van der Waals surface area contributed by atoms with Crippen molar-refractivity contribution in [2.75, 3.05) is 0 Å². The van der Waals surface area contributed by atoms with Gasteiger partial charge in [0.25, 0.3) is 0 Å². The minimum atomic E-state index is -0.968. The van der Waals surface area contributed by atoms with Crippen molar-refractivity contribution in [3.05, 3.63) is 17.7 Å². The smallest absolute Gasteiger partial charge is 0.353 e. The lowest BCUT2D eigenvalue weighted by atomic mass is 10.3. The number of thioether (sulfide) groups is 1. The van der Waals surface area contributed by atoms with Gasteiger partial charge in [0, 0.05) is 4.75 Å². The van der Waals surface area contributed by atoms with Crippen LogP contribution in [0.2, 0.25) is 0 Å². The topological polar surface area (TPSA) is 66.0 Å². The largest absolute Gasteiger partial charge is 0.477 e. The van der Waals surface area contributed by atoms with Gasteiger partial charge in [0.05, 0.1) is 11.9 Å². The predicted octanol–water partition coefficient (Wildman–Crippen LogP) is 2.14. The van der Waals surface area contributed by atoms with Gasteiger partial charge in [-0.1, -0.05) is 20.8 Å². The van der Waals surface area contributed by atoms with Gasteiger partial charge in [-0.3, -0.25) is 0 Å². The number of aromatic nitrogens is 2. The van der Waals surface area contributed by atoms with Crippen LogP contribution in [0.4, 0.5) is 0 Å². The molecule has 1 rings (SSSR count). The summed E-state index contributed by atoms with van der Waals surface area (Å²) in [5, 5.41) is 8.65. The van der Waals surface area contributed by atoms with Gasteiger partial charge >= 0.3 is 5.97 Å². The van der Waals surface area contributed by atoms with Crippen molar-refractivity contribution < 1.29 is 9.90 Å². The Hall–Kier alpha value is -0.970. The Balaban J connectivity index is 2.56. The molecule has 0 amide bonds. The predicted molar refractivity (Wildman–Crippen MR) is 56.6 cm³/mol. The van der Waals surface area contributed by atoms with Crippen molar-refractivity contribution in [1.82, 2.24) is 9.97 Å². The van der Waals surface area contributed by atoms with Crippen LogP contribution < -0.4 is 0 Å². The number of carboxylic acids is 1. The fourth-order valence-corrected chi connectivity index (χ4v) is 1.55. The van der Waals surface area contributed by atoms with E-state index in [0.717, 1.165) is 0 Å². The maximum absolute atomic E-state index is 10.5. The van der Waals surface area contributed by atoms with Crippen LogP contribution in [0.3, 0.4) is 0 Å². The zero-order chi connectivity index (χ0) is 10.8. The lowest BCUT2D eigenvalue weighted by Gasteiger charge is -2.16. The van der Waals surface area contributed by atoms with E-state index in [9.17, 15) is 4.79 Å². The van der Waals surface area contributed by atoms with E-state index in [1.807, 2.05) is 0 Å². The van der Waals surface area contributed by atoms with Crippen LogP contribution in [-0.2, 0) is 5.75 Å². The molecule has 0 saturated carbocycles. The average Bonchev–Trinajstić information content (AvgIpc) is 2.47. The number of H-pyrrole nitrogens is 1.